The van der Waals surface area contributed by atoms with Crippen molar-refractivity contribution in [1.29, 1.82) is 0 Å². The fourth-order valence-corrected chi connectivity index (χ4v) is 5.94. The van der Waals surface area contributed by atoms with Gasteiger partial charge in [0.2, 0.25) is 0 Å². The lowest BCUT2D eigenvalue weighted by atomic mass is 10.1. The van der Waals surface area contributed by atoms with Gasteiger partial charge in [0.25, 0.3) is 5.91 Å². The summed E-state index contributed by atoms with van der Waals surface area (Å²) < 4.78 is 4.62. The van der Waals surface area contributed by atoms with Crippen molar-refractivity contribution in [3.8, 4) is 0 Å². The molecule has 5 aromatic rings. The van der Waals surface area contributed by atoms with Crippen LogP contribution in [0.25, 0.3) is 32.6 Å². The highest BCUT2D eigenvalue weighted by molar-refractivity contribution is 7.97. The molecule has 0 aliphatic carbocycles. The molecule has 0 unspecified atom stereocenters. The summed E-state index contributed by atoms with van der Waals surface area (Å²) in [6.45, 7) is 4.78. The Morgan fingerprint density at radius 2 is 1.58 bits per heavy atom. The number of carbonyl (C=O) groups is 1. The second kappa shape index (κ2) is 11.2. The molecule has 5 heteroatoms. The van der Waals surface area contributed by atoms with Gasteiger partial charge in [-0.15, -0.1) is 0 Å². The maximum Gasteiger partial charge on any atom is 0.251 e. The fraction of sp³-hybridized carbons (Fsp3) is 0.258. The Balaban J connectivity index is 1.10. The number of nitrogens with one attached hydrogen (secondary N) is 1. The molecule has 184 valence electrons. The van der Waals surface area contributed by atoms with E-state index in [2.05, 4.69) is 101 Å². The summed E-state index contributed by atoms with van der Waals surface area (Å²) in [5, 5.41) is 8.05. The topological polar surface area (TPSA) is 37.3 Å². The van der Waals surface area contributed by atoms with Crippen molar-refractivity contribution in [3.05, 3.63) is 90.5 Å². The third-order valence-electron chi connectivity index (χ3n) is 6.79. The number of hydrogen-bond donors (Lipinski definition) is 1. The Bertz CT molecular complexity index is 1500. The van der Waals surface area contributed by atoms with Crippen LogP contribution in [-0.2, 0) is 6.54 Å². The first kappa shape index (κ1) is 24.4. The maximum atomic E-state index is 12.8. The SMILES string of the molecule is CCn1c2ccccc2c2cc(C(=O)NCCCCCN(C)Sc3cccc4ccccc34)ccc21. The Hall–Kier alpha value is -3.28. The first-order valence-electron chi connectivity index (χ1n) is 12.8. The van der Waals surface area contributed by atoms with Gasteiger partial charge in [0.05, 0.1) is 0 Å². The molecular formula is C31H33N3OS. The Morgan fingerprint density at radius 1 is 0.833 bits per heavy atom. The lowest BCUT2D eigenvalue weighted by Crippen LogP contribution is -2.24. The molecule has 0 aliphatic heterocycles. The summed E-state index contributed by atoms with van der Waals surface area (Å²) >= 11 is 1.81. The van der Waals surface area contributed by atoms with Crippen LogP contribution in [0.2, 0.25) is 0 Å². The van der Waals surface area contributed by atoms with E-state index in [4.69, 9.17) is 0 Å². The first-order chi connectivity index (χ1) is 17.7. The number of benzene rings is 4. The molecule has 0 radical (unpaired) electrons. The van der Waals surface area contributed by atoms with E-state index in [1.165, 1.54) is 32.1 Å². The Labute approximate surface area is 217 Å². The van der Waals surface area contributed by atoms with Crippen LogP contribution in [0.15, 0.2) is 89.8 Å². The number of para-hydroxylation sites is 1. The molecule has 1 N–H and O–H groups in total. The summed E-state index contributed by atoms with van der Waals surface area (Å²) in [4.78, 5) is 14.1. The quantitative estimate of drug-likeness (QED) is 0.161. The highest BCUT2D eigenvalue weighted by Gasteiger charge is 2.12. The minimum Gasteiger partial charge on any atom is -0.352 e. The predicted molar refractivity (Wildman–Crippen MR) is 154 cm³/mol. The van der Waals surface area contributed by atoms with E-state index < -0.39 is 0 Å². The molecular weight excluding hydrogens is 462 g/mol. The van der Waals surface area contributed by atoms with Gasteiger partial charge >= 0.3 is 0 Å². The van der Waals surface area contributed by atoms with E-state index in [0.717, 1.165) is 43.3 Å². The highest BCUT2D eigenvalue weighted by atomic mass is 32.2. The zero-order valence-corrected chi connectivity index (χ0v) is 21.9. The number of amides is 1. The van der Waals surface area contributed by atoms with Gasteiger partial charge in [0.1, 0.15) is 0 Å². The molecule has 0 saturated carbocycles. The van der Waals surface area contributed by atoms with Crippen molar-refractivity contribution in [2.45, 2.75) is 37.6 Å². The van der Waals surface area contributed by atoms with Crippen molar-refractivity contribution in [1.82, 2.24) is 14.2 Å². The number of aromatic nitrogens is 1. The minimum absolute atomic E-state index is 0.00820. The fourth-order valence-electron chi connectivity index (χ4n) is 4.96. The number of rotatable bonds is 10. The van der Waals surface area contributed by atoms with Crippen LogP contribution in [0.5, 0.6) is 0 Å². The van der Waals surface area contributed by atoms with Crippen LogP contribution < -0.4 is 5.32 Å². The van der Waals surface area contributed by atoms with Crippen LogP contribution in [0.4, 0.5) is 0 Å². The molecule has 0 saturated heterocycles. The molecule has 0 aliphatic rings. The average Bonchev–Trinajstić information content (AvgIpc) is 3.23. The van der Waals surface area contributed by atoms with Gasteiger partial charge < -0.3 is 9.88 Å². The third kappa shape index (κ3) is 5.13. The lowest BCUT2D eigenvalue weighted by molar-refractivity contribution is 0.0953. The number of aryl methyl sites for hydroxylation is 1. The maximum absolute atomic E-state index is 12.8. The van der Waals surface area contributed by atoms with Gasteiger partial charge in [0, 0.05) is 51.9 Å². The van der Waals surface area contributed by atoms with Gasteiger partial charge in [0.15, 0.2) is 0 Å². The summed E-state index contributed by atoms with van der Waals surface area (Å²) in [7, 11) is 2.15. The van der Waals surface area contributed by atoms with Gasteiger partial charge in [-0.3, -0.25) is 4.79 Å². The molecule has 1 amide bonds. The number of hydrogen-bond acceptors (Lipinski definition) is 3. The van der Waals surface area contributed by atoms with E-state index in [1.807, 2.05) is 12.1 Å². The van der Waals surface area contributed by atoms with Crippen molar-refractivity contribution in [2.24, 2.45) is 0 Å². The first-order valence-corrected chi connectivity index (χ1v) is 13.6. The van der Waals surface area contributed by atoms with Crippen LogP contribution in [0, 0.1) is 0 Å². The minimum atomic E-state index is 0.00820. The van der Waals surface area contributed by atoms with Crippen LogP contribution >= 0.6 is 11.9 Å². The van der Waals surface area contributed by atoms with Crippen molar-refractivity contribution < 1.29 is 4.79 Å². The zero-order chi connectivity index (χ0) is 24.9. The van der Waals surface area contributed by atoms with Crippen LogP contribution in [0.1, 0.15) is 36.5 Å². The molecule has 0 fully saturated rings. The van der Waals surface area contributed by atoms with Crippen molar-refractivity contribution >= 4 is 50.4 Å². The largest absolute Gasteiger partial charge is 0.352 e. The summed E-state index contributed by atoms with van der Waals surface area (Å²) in [6, 6.07) is 29.5. The van der Waals surface area contributed by atoms with E-state index in [1.54, 1.807) is 11.9 Å². The van der Waals surface area contributed by atoms with E-state index >= 15 is 0 Å². The second-order valence-corrected chi connectivity index (χ2v) is 10.5. The summed E-state index contributed by atoms with van der Waals surface area (Å²) in [6.07, 6.45) is 3.17. The normalized spacial score (nSPS) is 11.6. The summed E-state index contributed by atoms with van der Waals surface area (Å²) in [5.41, 5.74) is 3.13. The molecule has 4 nitrogen and oxygen atoms in total. The smallest absolute Gasteiger partial charge is 0.251 e. The number of carbonyl (C=O) groups excluding carboxylic acids is 1. The molecule has 0 spiro atoms. The van der Waals surface area contributed by atoms with Crippen molar-refractivity contribution in [2.75, 3.05) is 20.1 Å². The van der Waals surface area contributed by atoms with Crippen LogP contribution in [0.3, 0.4) is 0 Å². The van der Waals surface area contributed by atoms with E-state index in [-0.39, 0.29) is 5.91 Å². The standard InChI is InChI=1S/C31H33N3OS/c1-3-34-28-16-8-7-15-26(28)27-22-24(18-19-29(27)34)31(35)32-20-9-4-10-21-33(2)36-30-17-11-13-23-12-5-6-14-25(23)30/h5-8,11-19,22H,3-4,9-10,20-21H2,1-2H3,(H,32,35). The molecule has 0 bridgehead atoms. The number of fused-ring (bicyclic) bond motifs is 4. The molecule has 5 rings (SSSR count). The second-order valence-electron chi connectivity index (χ2n) is 9.23. The molecule has 0 atom stereocenters. The zero-order valence-electron chi connectivity index (χ0n) is 21.0. The Morgan fingerprint density at radius 3 is 2.44 bits per heavy atom. The molecule has 4 aromatic carbocycles. The third-order valence-corrected chi connectivity index (χ3v) is 7.84. The van der Waals surface area contributed by atoms with Gasteiger partial charge in [-0.05, 0) is 79.9 Å². The van der Waals surface area contributed by atoms with Gasteiger partial charge in [-0.2, -0.15) is 0 Å². The summed E-state index contributed by atoms with van der Waals surface area (Å²) in [5.74, 6) is 0.00820. The van der Waals surface area contributed by atoms with Crippen LogP contribution in [-0.4, -0.2) is 34.9 Å². The number of nitrogens with zero attached hydrogens (tertiary/aromatic N) is 2. The molecule has 36 heavy (non-hydrogen) atoms. The molecule has 1 aromatic heterocycles. The monoisotopic (exact) mass is 495 g/mol. The predicted octanol–water partition coefficient (Wildman–Crippen LogP) is 7.51. The van der Waals surface area contributed by atoms with Gasteiger partial charge in [-0.25, -0.2) is 4.31 Å². The van der Waals surface area contributed by atoms with Crippen molar-refractivity contribution in [3.63, 3.8) is 0 Å². The Kier molecular flexibility index (Phi) is 7.59. The van der Waals surface area contributed by atoms with E-state index in [9.17, 15) is 4.79 Å². The van der Waals surface area contributed by atoms with Gasteiger partial charge in [-0.1, -0.05) is 61.0 Å². The lowest BCUT2D eigenvalue weighted by Gasteiger charge is -2.16. The number of unbranched alkanes of at least 4 members (excludes halogenated alkanes) is 2. The molecule has 1 heterocycles. The average molecular weight is 496 g/mol. The van der Waals surface area contributed by atoms with E-state index in [0.29, 0.717) is 6.54 Å². The highest BCUT2D eigenvalue weighted by Crippen LogP contribution is 2.30.